The summed E-state index contributed by atoms with van der Waals surface area (Å²) in [5.41, 5.74) is 0. The van der Waals surface area contributed by atoms with E-state index in [1.165, 1.54) is 44.9 Å². The Balaban J connectivity index is 3.69. The SMILES string of the molecule is CCCCCCCCCCC(CC)C(=O)CC(=O)CCC. The Labute approximate surface area is 132 Å². The number of unbranched alkanes of at least 4 members (excludes halogenated alkanes) is 7. The third kappa shape index (κ3) is 11.7. The quantitative estimate of drug-likeness (QED) is 0.280. The van der Waals surface area contributed by atoms with Crippen molar-refractivity contribution in [1.29, 1.82) is 0 Å². The lowest BCUT2D eigenvalue weighted by molar-refractivity contribution is -0.129. The minimum Gasteiger partial charge on any atom is -0.299 e. The Bertz CT molecular complexity index is 271. The van der Waals surface area contributed by atoms with E-state index in [1.807, 2.05) is 6.92 Å². The molecular formula is C19H36O2. The number of Topliss-reactive ketones (excluding diaryl/α,β-unsaturated/α-hetero) is 2. The first-order valence-corrected chi connectivity index (χ1v) is 9.20. The minimum absolute atomic E-state index is 0.117. The number of carbonyl (C=O) groups excluding carboxylic acids is 2. The normalized spacial score (nSPS) is 12.3. The molecule has 0 aliphatic carbocycles. The van der Waals surface area contributed by atoms with Gasteiger partial charge in [0, 0.05) is 12.3 Å². The molecule has 0 aliphatic heterocycles. The van der Waals surface area contributed by atoms with E-state index in [-0.39, 0.29) is 23.9 Å². The molecule has 0 bridgehead atoms. The molecule has 0 heterocycles. The first-order chi connectivity index (χ1) is 10.2. The molecule has 1 unspecified atom stereocenters. The van der Waals surface area contributed by atoms with Crippen LogP contribution in [-0.2, 0) is 9.59 Å². The van der Waals surface area contributed by atoms with Crippen LogP contribution >= 0.6 is 0 Å². The summed E-state index contributed by atoms with van der Waals surface area (Å²) in [7, 11) is 0. The molecule has 0 N–H and O–H groups in total. The van der Waals surface area contributed by atoms with Crippen LogP contribution in [0.25, 0.3) is 0 Å². The highest BCUT2D eigenvalue weighted by atomic mass is 16.1. The molecule has 0 saturated carbocycles. The van der Waals surface area contributed by atoms with Crippen molar-refractivity contribution in [3.05, 3.63) is 0 Å². The highest BCUT2D eigenvalue weighted by molar-refractivity contribution is 6.00. The van der Waals surface area contributed by atoms with Crippen LogP contribution in [0.15, 0.2) is 0 Å². The van der Waals surface area contributed by atoms with Crippen LogP contribution < -0.4 is 0 Å². The molecule has 2 heteroatoms. The van der Waals surface area contributed by atoms with Gasteiger partial charge in [0.05, 0.1) is 6.42 Å². The average Bonchev–Trinajstić information content (AvgIpc) is 2.45. The molecule has 0 amide bonds. The van der Waals surface area contributed by atoms with Gasteiger partial charge < -0.3 is 0 Å². The van der Waals surface area contributed by atoms with Crippen molar-refractivity contribution in [3.8, 4) is 0 Å². The first-order valence-electron chi connectivity index (χ1n) is 9.20. The van der Waals surface area contributed by atoms with Crippen molar-refractivity contribution in [2.45, 2.75) is 104 Å². The van der Waals surface area contributed by atoms with Gasteiger partial charge in [-0.2, -0.15) is 0 Å². The third-order valence-corrected chi connectivity index (χ3v) is 4.25. The molecule has 0 aliphatic rings. The van der Waals surface area contributed by atoms with Crippen molar-refractivity contribution in [2.24, 2.45) is 5.92 Å². The van der Waals surface area contributed by atoms with Gasteiger partial charge in [-0.25, -0.2) is 0 Å². The van der Waals surface area contributed by atoms with Crippen molar-refractivity contribution < 1.29 is 9.59 Å². The average molecular weight is 296 g/mol. The van der Waals surface area contributed by atoms with Gasteiger partial charge in [0.2, 0.25) is 0 Å². The number of carbonyl (C=O) groups is 2. The Morgan fingerprint density at radius 3 is 1.86 bits per heavy atom. The number of hydrogen-bond donors (Lipinski definition) is 0. The Morgan fingerprint density at radius 2 is 1.33 bits per heavy atom. The summed E-state index contributed by atoms with van der Waals surface area (Å²) in [4.78, 5) is 23.6. The molecule has 0 fully saturated rings. The molecular weight excluding hydrogens is 260 g/mol. The molecule has 0 aromatic rings. The second-order valence-electron chi connectivity index (χ2n) is 6.30. The summed E-state index contributed by atoms with van der Waals surface area (Å²) in [6.07, 6.45) is 13.8. The summed E-state index contributed by atoms with van der Waals surface area (Å²) >= 11 is 0. The Hall–Kier alpha value is -0.660. The molecule has 124 valence electrons. The third-order valence-electron chi connectivity index (χ3n) is 4.25. The van der Waals surface area contributed by atoms with E-state index in [9.17, 15) is 9.59 Å². The summed E-state index contributed by atoms with van der Waals surface area (Å²) in [6, 6.07) is 0. The monoisotopic (exact) mass is 296 g/mol. The number of ketones is 2. The van der Waals surface area contributed by atoms with Crippen LogP contribution in [0, 0.1) is 5.92 Å². The van der Waals surface area contributed by atoms with Gasteiger partial charge in [0.15, 0.2) is 0 Å². The highest BCUT2D eigenvalue weighted by Crippen LogP contribution is 2.18. The van der Waals surface area contributed by atoms with Crippen molar-refractivity contribution in [2.75, 3.05) is 0 Å². The fraction of sp³-hybridized carbons (Fsp3) is 0.895. The fourth-order valence-corrected chi connectivity index (χ4v) is 2.82. The van der Waals surface area contributed by atoms with Crippen molar-refractivity contribution in [3.63, 3.8) is 0 Å². The van der Waals surface area contributed by atoms with Gasteiger partial charge >= 0.3 is 0 Å². The number of hydrogen-bond acceptors (Lipinski definition) is 2. The zero-order valence-electron chi connectivity index (χ0n) is 14.6. The fourth-order valence-electron chi connectivity index (χ4n) is 2.82. The topological polar surface area (TPSA) is 34.1 Å². The molecule has 0 saturated heterocycles. The van der Waals surface area contributed by atoms with Crippen LogP contribution in [0.5, 0.6) is 0 Å². The Kier molecular flexibility index (Phi) is 13.8. The van der Waals surface area contributed by atoms with E-state index in [1.54, 1.807) is 0 Å². The van der Waals surface area contributed by atoms with Crippen molar-refractivity contribution in [1.82, 2.24) is 0 Å². The Morgan fingerprint density at radius 1 is 0.762 bits per heavy atom. The molecule has 2 nitrogen and oxygen atoms in total. The van der Waals surface area contributed by atoms with Gasteiger partial charge in [0.25, 0.3) is 0 Å². The van der Waals surface area contributed by atoms with Crippen LogP contribution in [0.2, 0.25) is 0 Å². The van der Waals surface area contributed by atoms with E-state index in [0.717, 1.165) is 25.7 Å². The molecule has 0 rings (SSSR count). The summed E-state index contributed by atoms with van der Waals surface area (Å²) in [5, 5.41) is 0. The van der Waals surface area contributed by atoms with E-state index >= 15 is 0 Å². The molecule has 1 atom stereocenters. The lowest BCUT2D eigenvalue weighted by Gasteiger charge is -2.13. The van der Waals surface area contributed by atoms with Gasteiger partial charge in [-0.05, 0) is 19.3 Å². The second-order valence-corrected chi connectivity index (χ2v) is 6.30. The van der Waals surface area contributed by atoms with E-state index in [2.05, 4.69) is 13.8 Å². The molecule has 21 heavy (non-hydrogen) atoms. The summed E-state index contributed by atoms with van der Waals surface area (Å²) in [6.45, 7) is 6.30. The predicted molar refractivity (Wildman–Crippen MR) is 90.5 cm³/mol. The smallest absolute Gasteiger partial charge is 0.143 e. The molecule has 0 aromatic heterocycles. The zero-order valence-corrected chi connectivity index (χ0v) is 14.6. The van der Waals surface area contributed by atoms with Gasteiger partial charge in [-0.15, -0.1) is 0 Å². The maximum Gasteiger partial charge on any atom is 0.143 e. The standard InChI is InChI=1S/C19H36O2/c1-4-7-8-9-10-11-12-13-15-17(6-3)19(21)16-18(20)14-5-2/h17H,4-16H2,1-3H3. The van der Waals surface area contributed by atoms with Crippen LogP contribution in [0.4, 0.5) is 0 Å². The molecule has 0 radical (unpaired) electrons. The number of rotatable bonds is 15. The first kappa shape index (κ1) is 20.3. The lowest BCUT2D eigenvalue weighted by Crippen LogP contribution is -2.17. The maximum absolute atomic E-state index is 12.1. The summed E-state index contributed by atoms with van der Waals surface area (Å²) < 4.78 is 0. The van der Waals surface area contributed by atoms with Crippen LogP contribution in [-0.4, -0.2) is 11.6 Å². The minimum atomic E-state index is 0.117. The van der Waals surface area contributed by atoms with Gasteiger partial charge in [-0.1, -0.05) is 72.1 Å². The second kappa shape index (κ2) is 14.3. The molecule has 0 spiro atoms. The molecule has 0 aromatic carbocycles. The van der Waals surface area contributed by atoms with Crippen LogP contribution in [0.3, 0.4) is 0 Å². The van der Waals surface area contributed by atoms with E-state index in [0.29, 0.717) is 6.42 Å². The van der Waals surface area contributed by atoms with Gasteiger partial charge in [-0.3, -0.25) is 9.59 Å². The summed E-state index contributed by atoms with van der Waals surface area (Å²) in [5.74, 6) is 0.418. The zero-order chi connectivity index (χ0) is 15.9. The lowest BCUT2D eigenvalue weighted by atomic mass is 9.91. The van der Waals surface area contributed by atoms with Crippen molar-refractivity contribution >= 4 is 11.6 Å². The largest absolute Gasteiger partial charge is 0.299 e. The predicted octanol–water partition coefficient (Wildman–Crippen LogP) is 5.87. The maximum atomic E-state index is 12.1. The van der Waals surface area contributed by atoms with E-state index < -0.39 is 0 Å². The highest BCUT2D eigenvalue weighted by Gasteiger charge is 2.18. The van der Waals surface area contributed by atoms with Crippen LogP contribution in [0.1, 0.15) is 104 Å². The van der Waals surface area contributed by atoms with Gasteiger partial charge in [0.1, 0.15) is 11.6 Å². The van der Waals surface area contributed by atoms with E-state index in [4.69, 9.17) is 0 Å².